The quantitative estimate of drug-likeness (QED) is 0.253. The Morgan fingerprint density at radius 1 is 0.949 bits per heavy atom. The molecule has 0 saturated carbocycles. The summed E-state index contributed by atoms with van der Waals surface area (Å²) in [5.74, 6) is 1.02. The van der Waals surface area contributed by atoms with Crippen LogP contribution in [0, 0.1) is 26.6 Å². The third kappa shape index (κ3) is 5.13. The van der Waals surface area contributed by atoms with Crippen LogP contribution in [0.2, 0.25) is 0 Å². The summed E-state index contributed by atoms with van der Waals surface area (Å²) in [6, 6.07) is 14.9. The van der Waals surface area contributed by atoms with Crippen molar-refractivity contribution in [1.29, 1.82) is 0 Å². The topological polar surface area (TPSA) is 94.2 Å². The molecule has 0 aliphatic carbocycles. The highest BCUT2D eigenvalue weighted by molar-refractivity contribution is 5.99. The third-order valence-electron chi connectivity index (χ3n) is 6.58. The first-order valence-corrected chi connectivity index (χ1v) is 12.3. The van der Waals surface area contributed by atoms with Gasteiger partial charge in [-0.3, -0.25) is 14.6 Å². The van der Waals surface area contributed by atoms with E-state index in [1.165, 1.54) is 12.1 Å². The van der Waals surface area contributed by atoms with Crippen molar-refractivity contribution in [2.24, 2.45) is 0 Å². The SMILES string of the molecule is COc1cnc2c(Oc3ccc(CC(=O)c4c(C)[nH]c(C)c(-c5ccc(F)cc5C)c4=O)cc3)ccnc2c1. The molecule has 0 aliphatic heterocycles. The summed E-state index contributed by atoms with van der Waals surface area (Å²) in [5.41, 5.74) is 4.43. The number of ketones is 1. The summed E-state index contributed by atoms with van der Waals surface area (Å²) in [4.78, 5) is 38.7. The molecule has 7 nitrogen and oxygen atoms in total. The van der Waals surface area contributed by atoms with Crippen molar-refractivity contribution in [2.45, 2.75) is 27.2 Å². The summed E-state index contributed by atoms with van der Waals surface area (Å²) >= 11 is 0. The normalized spacial score (nSPS) is 11.0. The predicted octanol–water partition coefficient (Wildman–Crippen LogP) is 6.28. The van der Waals surface area contributed by atoms with Crippen molar-refractivity contribution in [1.82, 2.24) is 15.0 Å². The molecule has 0 atom stereocenters. The van der Waals surface area contributed by atoms with Crippen LogP contribution in [0.15, 0.2) is 71.8 Å². The van der Waals surface area contributed by atoms with E-state index < -0.39 is 0 Å². The molecule has 39 heavy (non-hydrogen) atoms. The number of methoxy groups -OCH3 is 1. The van der Waals surface area contributed by atoms with E-state index in [0.29, 0.717) is 56.4 Å². The number of hydrogen-bond acceptors (Lipinski definition) is 6. The Morgan fingerprint density at radius 3 is 2.44 bits per heavy atom. The van der Waals surface area contributed by atoms with E-state index in [-0.39, 0.29) is 29.0 Å². The number of halogens is 1. The van der Waals surface area contributed by atoms with E-state index >= 15 is 0 Å². The maximum atomic E-state index is 13.7. The molecular weight excluding hydrogens is 497 g/mol. The Bertz CT molecular complexity index is 1780. The molecule has 3 aromatic heterocycles. The molecule has 5 aromatic rings. The number of carbonyl (C=O) groups excluding carboxylic acids is 1. The number of pyridine rings is 3. The Kier molecular flexibility index (Phi) is 6.94. The number of fused-ring (bicyclic) bond motifs is 1. The van der Waals surface area contributed by atoms with Gasteiger partial charge in [0.05, 0.1) is 24.4 Å². The van der Waals surface area contributed by atoms with Crippen LogP contribution < -0.4 is 14.9 Å². The minimum atomic E-state index is -0.380. The second-order valence-corrected chi connectivity index (χ2v) is 9.31. The fourth-order valence-corrected chi connectivity index (χ4v) is 4.70. The highest BCUT2D eigenvalue weighted by Gasteiger charge is 2.21. The van der Waals surface area contributed by atoms with Crippen molar-refractivity contribution >= 4 is 16.8 Å². The van der Waals surface area contributed by atoms with Gasteiger partial charge in [0.1, 0.15) is 22.8 Å². The molecule has 2 aromatic carbocycles. The van der Waals surface area contributed by atoms with E-state index in [0.717, 1.165) is 5.56 Å². The number of nitrogens with one attached hydrogen (secondary N) is 1. The van der Waals surface area contributed by atoms with Crippen LogP contribution in [-0.2, 0) is 6.42 Å². The number of aryl methyl sites for hydroxylation is 3. The minimum absolute atomic E-state index is 0.0363. The van der Waals surface area contributed by atoms with E-state index in [4.69, 9.17) is 9.47 Å². The number of nitrogens with zero attached hydrogens (tertiary/aromatic N) is 2. The first-order valence-electron chi connectivity index (χ1n) is 12.3. The predicted molar refractivity (Wildman–Crippen MR) is 147 cm³/mol. The zero-order chi connectivity index (χ0) is 27.7. The maximum absolute atomic E-state index is 13.7. The fraction of sp³-hybridized carbons (Fsp3) is 0.161. The molecule has 0 radical (unpaired) electrons. The zero-order valence-corrected chi connectivity index (χ0v) is 22.0. The average molecular weight is 524 g/mol. The Labute approximate surface area is 224 Å². The lowest BCUT2D eigenvalue weighted by Crippen LogP contribution is -2.23. The number of H-pyrrole nitrogens is 1. The highest BCUT2D eigenvalue weighted by atomic mass is 19.1. The van der Waals surface area contributed by atoms with Crippen LogP contribution in [-0.4, -0.2) is 27.8 Å². The highest BCUT2D eigenvalue weighted by Crippen LogP contribution is 2.29. The summed E-state index contributed by atoms with van der Waals surface area (Å²) in [6.45, 7) is 5.23. The first kappa shape index (κ1) is 25.8. The average Bonchev–Trinajstić information content (AvgIpc) is 2.90. The van der Waals surface area contributed by atoms with Crippen LogP contribution in [0.3, 0.4) is 0 Å². The number of hydrogen-bond donors (Lipinski definition) is 1. The standard InChI is InChI=1S/C31H26FN3O4/c1-17-13-21(32)7-10-24(17)28-18(2)35-19(3)29(31(28)37)26(36)14-20-5-8-22(9-6-20)39-27-11-12-33-25-15-23(38-4)16-34-30(25)27/h5-13,15-16H,14H2,1-4H3,(H,35,37). The number of rotatable bonds is 7. The van der Waals surface area contributed by atoms with E-state index in [2.05, 4.69) is 15.0 Å². The van der Waals surface area contributed by atoms with E-state index in [1.807, 2.05) is 0 Å². The van der Waals surface area contributed by atoms with Crippen molar-refractivity contribution in [3.63, 3.8) is 0 Å². The number of aromatic amines is 1. The summed E-state index contributed by atoms with van der Waals surface area (Å²) in [6.07, 6.45) is 3.27. The van der Waals surface area contributed by atoms with Gasteiger partial charge in [0.2, 0.25) is 5.43 Å². The first-order chi connectivity index (χ1) is 18.7. The Balaban J connectivity index is 1.39. The lowest BCUT2D eigenvalue weighted by atomic mass is 9.93. The Hall–Kier alpha value is -4.85. The number of Topliss-reactive ketones (excluding diaryl/α,β-unsaturated/α-hetero) is 1. The molecule has 0 spiro atoms. The van der Waals surface area contributed by atoms with Crippen molar-refractivity contribution in [3.05, 3.63) is 111 Å². The number of carbonyl (C=O) groups is 1. The fourth-order valence-electron chi connectivity index (χ4n) is 4.70. The van der Waals surface area contributed by atoms with Gasteiger partial charge in [-0.1, -0.05) is 18.2 Å². The third-order valence-corrected chi connectivity index (χ3v) is 6.58. The molecule has 8 heteroatoms. The smallest absolute Gasteiger partial charge is 0.200 e. The molecule has 0 fully saturated rings. The minimum Gasteiger partial charge on any atom is -0.495 e. The molecule has 3 heterocycles. The van der Waals surface area contributed by atoms with Crippen LogP contribution in [0.5, 0.6) is 17.2 Å². The van der Waals surface area contributed by atoms with Gasteiger partial charge in [-0.2, -0.15) is 0 Å². The van der Waals surface area contributed by atoms with Crippen LogP contribution in [0.1, 0.15) is 32.9 Å². The Morgan fingerprint density at radius 2 is 1.72 bits per heavy atom. The van der Waals surface area contributed by atoms with E-state index in [9.17, 15) is 14.0 Å². The zero-order valence-electron chi connectivity index (χ0n) is 22.0. The van der Waals surface area contributed by atoms with Gasteiger partial charge in [0.25, 0.3) is 0 Å². The summed E-state index contributed by atoms with van der Waals surface area (Å²) in [5, 5.41) is 0. The molecule has 0 saturated heterocycles. The lowest BCUT2D eigenvalue weighted by Gasteiger charge is -2.13. The molecular formula is C31H26FN3O4. The second kappa shape index (κ2) is 10.5. The van der Waals surface area contributed by atoms with Crippen molar-refractivity contribution in [2.75, 3.05) is 7.11 Å². The van der Waals surface area contributed by atoms with Crippen molar-refractivity contribution in [3.8, 4) is 28.4 Å². The van der Waals surface area contributed by atoms with Crippen molar-refractivity contribution < 1.29 is 18.7 Å². The van der Waals surface area contributed by atoms with Gasteiger partial charge in [0, 0.05) is 41.7 Å². The molecule has 5 rings (SSSR count). The summed E-state index contributed by atoms with van der Waals surface area (Å²) < 4.78 is 24.9. The molecule has 0 amide bonds. The molecule has 0 aliphatic rings. The van der Waals surface area contributed by atoms with Gasteiger partial charge >= 0.3 is 0 Å². The van der Waals surface area contributed by atoms with Gasteiger partial charge in [-0.15, -0.1) is 0 Å². The molecule has 0 bridgehead atoms. The molecule has 0 unspecified atom stereocenters. The van der Waals surface area contributed by atoms with Gasteiger partial charge in [-0.25, -0.2) is 9.37 Å². The number of benzene rings is 2. The van der Waals surface area contributed by atoms with Gasteiger partial charge in [0.15, 0.2) is 11.5 Å². The lowest BCUT2D eigenvalue weighted by molar-refractivity contribution is 0.0991. The van der Waals surface area contributed by atoms with Crippen LogP contribution >= 0.6 is 0 Å². The number of ether oxygens (including phenoxy) is 2. The monoisotopic (exact) mass is 523 g/mol. The van der Waals surface area contributed by atoms with Crippen LogP contribution in [0.25, 0.3) is 22.2 Å². The molecule has 1 N–H and O–H groups in total. The largest absolute Gasteiger partial charge is 0.495 e. The van der Waals surface area contributed by atoms with E-state index in [1.54, 1.807) is 82.7 Å². The maximum Gasteiger partial charge on any atom is 0.200 e. The van der Waals surface area contributed by atoms with Crippen LogP contribution in [0.4, 0.5) is 4.39 Å². The van der Waals surface area contributed by atoms with Gasteiger partial charge in [-0.05, 0) is 61.7 Å². The molecule has 196 valence electrons. The summed E-state index contributed by atoms with van der Waals surface area (Å²) in [7, 11) is 1.57. The second-order valence-electron chi connectivity index (χ2n) is 9.31. The number of aromatic nitrogens is 3. The van der Waals surface area contributed by atoms with Gasteiger partial charge < -0.3 is 14.5 Å².